The van der Waals surface area contributed by atoms with Gasteiger partial charge in [0.05, 0.1) is 10.5 Å². The number of ether oxygens (including phenoxy) is 1. The van der Waals surface area contributed by atoms with Crippen LogP contribution in [-0.2, 0) is 19.6 Å². The monoisotopic (exact) mass is 407 g/mol. The van der Waals surface area contributed by atoms with Crippen molar-refractivity contribution in [3.8, 4) is 0 Å². The molecule has 10 heteroatoms. The van der Waals surface area contributed by atoms with E-state index in [0.717, 1.165) is 6.07 Å². The SMILES string of the molecule is O=C(OCC(=O)N1CCN(S(=O)(=O)c2cccc(F)c2)CC1)c1ccncc1. The van der Waals surface area contributed by atoms with Crippen LogP contribution in [0.3, 0.4) is 0 Å². The fraction of sp³-hybridized carbons (Fsp3) is 0.278. The Hall–Kier alpha value is -2.85. The minimum Gasteiger partial charge on any atom is -0.452 e. The third kappa shape index (κ3) is 4.52. The maximum Gasteiger partial charge on any atom is 0.338 e. The quantitative estimate of drug-likeness (QED) is 0.684. The van der Waals surface area contributed by atoms with Gasteiger partial charge in [0.1, 0.15) is 5.82 Å². The van der Waals surface area contributed by atoms with E-state index in [-0.39, 0.29) is 36.6 Å². The van der Waals surface area contributed by atoms with Crippen LogP contribution in [0, 0.1) is 5.82 Å². The molecule has 148 valence electrons. The van der Waals surface area contributed by atoms with E-state index >= 15 is 0 Å². The van der Waals surface area contributed by atoms with Crippen LogP contribution in [0.5, 0.6) is 0 Å². The molecule has 8 nitrogen and oxygen atoms in total. The number of piperazine rings is 1. The highest BCUT2D eigenvalue weighted by Gasteiger charge is 2.30. The molecule has 1 amide bonds. The Kier molecular flexibility index (Phi) is 6.00. The lowest BCUT2D eigenvalue weighted by molar-refractivity contribution is -0.135. The second kappa shape index (κ2) is 8.44. The average Bonchev–Trinajstić information content (AvgIpc) is 2.72. The second-order valence-corrected chi connectivity index (χ2v) is 7.99. The van der Waals surface area contributed by atoms with E-state index in [9.17, 15) is 22.4 Å². The summed E-state index contributed by atoms with van der Waals surface area (Å²) in [6.07, 6.45) is 2.88. The van der Waals surface area contributed by atoms with Crippen LogP contribution < -0.4 is 0 Å². The van der Waals surface area contributed by atoms with Crippen molar-refractivity contribution in [2.45, 2.75) is 4.90 Å². The first kappa shape index (κ1) is 19.9. The zero-order valence-corrected chi connectivity index (χ0v) is 15.6. The van der Waals surface area contributed by atoms with Gasteiger partial charge in [0.2, 0.25) is 10.0 Å². The van der Waals surface area contributed by atoms with Crippen LogP contribution in [0.2, 0.25) is 0 Å². The average molecular weight is 407 g/mol. The fourth-order valence-corrected chi connectivity index (χ4v) is 4.20. The summed E-state index contributed by atoms with van der Waals surface area (Å²) in [6, 6.07) is 7.74. The molecule has 1 aliphatic rings. The molecule has 0 saturated carbocycles. The van der Waals surface area contributed by atoms with Crippen LogP contribution in [0.1, 0.15) is 10.4 Å². The highest BCUT2D eigenvalue weighted by molar-refractivity contribution is 7.89. The summed E-state index contributed by atoms with van der Waals surface area (Å²) in [4.78, 5) is 29.2. The number of esters is 1. The number of pyridine rings is 1. The van der Waals surface area contributed by atoms with Crippen LogP contribution in [0.25, 0.3) is 0 Å². The summed E-state index contributed by atoms with van der Waals surface area (Å²) in [5.74, 6) is -1.68. The molecule has 0 bridgehead atoms. The Labute approximate surface area is 161 Å². The van der Waals surface area contributed by atoms with Gasteiger partial charge in [0, 0.05) is 38.6 Å². The minimum absolute atomic E-state index is 0.0723. The summed E-state index contributed by atoms with van der Waals surface area (Å²) in [5.41, 5.74) is 0.286. The molecule has 1 aromatic carbocycles. The van der Waals surface area contributed by atoms with Gasteiger partial charge in [0.25, 0.3) is 5.91 Å². The molecule has 28 heavy (non-hydrogen) atoms. The molecule has 2 aromatic rings. The first-order chi connectivity index (χ1) is 13.4. The van der Waals surface area contributed by atoms with Gasteiger partial charge >= 0.3 is 5.97 Å². The molecule has 0 unspecified atom stereocenters. The molecule has 1 aliphatic heterocycles. The van der Waals surface area contributed by atoms with Gasteiger partial charge < -0.3 is 9.64 Å². The summed E-state index contributed by atoms with van der Waals surface area (Å²) in [6.45, 7) is 0.0178. The van der Waals surface area contributed by atoms with Crippen molar-refractivity contribution in [2.24, 2.45) is 0 Å². The number of hydrogen-bond donors (Lipinski definition) is 0. The summed E-state index contributed by atoms with van der Waals surface area (Å²) in [7, 11) is -3.83. The highest BCUT2D eigenvalue weighted by Crippen LogP contribution is 2.18. The Morgan fingerprint density at radius 3 is 2.39 bits per heavy atom. The number of hydrogen-bond acceptors (Lipinski definition) is 6. The summed E-state index contributed by atoms with van der Waals surface area (Å²) < 4.78 is 44.7. The van der Waals surface area contributed by atoms with E-state index in [4.69, 9.17) is 4.74 Å². The van der Waals surface area contributed by atoms with E-state index in [1.54, 1.807) is 0 Å². The molecule has 3 rings (SSSR count). The number of aromatic nitrogens is 1. The van der Waals surface area contributed by atoms with Gasteiger partial charge in [-0.1, -0.05) is 6.07 Å². The van der Waals surface area contributed by atoms with Gasteiger partial charge in [-0.25, -0.2) is 17.6 Å². The van der Waals surface area contributed by atoms with Crippen molar-refractivity contribution in [1.29, 1.82) is 0 Å². The van der Waals surface area contributed by atoms with Crippen molar-refractivity contribution in [2.75, 3.05) is 32.8 Å². The van der Waals surface area contributed by atoms with E-state index in [1.807, 2.05) is 0 Å². The Morgan fingerprint density at radius 1 is 1.07 bits per heavy atom. The molecule has 0 N–H and O–H groups in total. The first-order valence-corrected chi connectivity index (χ1v) is 9.92. The normalized spacial score (nSPS) is 15.2. The standard InChI is InChI=1S/C18H18FN3O5S/c19-15-2-1-3-16(12-15)28(25,26)22-10-8-21(9-11-22)17(23)13-27-18(24)14-4-6-20-7-5-14/h1-7,12H,8-11,13H2. The maximum absolute atomic E-state index is 13.3. The van der Waals surface area contributed by atoms with E-state index in [0.29, 0.717) is 0 Å². The highest BCUT2D eigenvalue weighted by atomic mass is 32.2. The Balaban J connectivity index is 1.53. The molecule has 0 atom stereocenters. The van der Waals surface area contributed by atoms with Crippen LogP contribution in [-0.4, -0.2) is 67.3 Å². The van der Waals surface area contributed by atoms with Crippen molar-refractivity contribution in [3.05, 3.63) is 60.2 Å². The second-order valence-electron chi connectivity index (χ2n) is 6.05. The predicted octanol–water partition coefficient (Wildman–Crippen LogP) is 0.911. The number of benzene rings is 1. The third-order valence-corrected chi connectivity index (χ3v) is 6.16. The molecule has 0 radical (unpaired) electrons. The van der Waals surface area contributed by atoms with Gasteiger partial charge in [-0.3, -0.25) is 9.78 Å². The molecule has 0 aliphatic carbocycles. The number of amides is 1. The number of rotatable bonds is 5. The van der Waals surface area contributed by atoms with E-state index in [2.05, 4.69) is 4.98 Å². The fourth-order valence-electron chi connectivity index (χ4n) is 2.74. The van der Waals surface area contributed by atoms with Crippen LogP contribution in [0.4, 0.5) is 4.39 Å². The summed E-state index contributed by atoms with van der Waals surface area (Å²) in [5, 5.41) is 0. The van der Waals surface area contributed by atoms with Crippen molar-refractivity contribution >= 4 is 21.9 Å². The zero-order valence-electron chi connectivity index (χ0n) is 14.8. The molecule has 1 fully saturated rings. The molecule has 1 aromatic heterocycles. The largest absolute Gasteiger partial charge is 0.452 e. The third-order valence-electron chi connectivity index (χ3n) is 4.27. The zero-order chi connectivity index (χ0) is 20.1. The number of sulfonamides is 1. The Bertz CT molecular complexity index is 960. The lowest BCUT2D eigenvalue weighted by Crippen LogP contribution is -2.51. The number of carbonyl (C=O) groups excluding carboxylic acids is 2. The van der Waals surface area contributed by atoms with Crippen molar-refractivity contribution in [1.82, 2.24) is 14.2 Å². The van der Waals surface area contributed by atoms with Crippen LogP contribution in [0.15, 0.2) is 53.7 Å². The lowest BCUT2D eigenvalue weighted by atomic mass is 10.3. The lowest BCUT2D eigenvalue weighted by Gasteiger charge is -2.33. The van der Waals surface area contributed by atoms with Gasteiger partial charge in [-0.2, -0.15) is 4.31 Å². The van der Waals surface area contributed by atoms with Gasteiger partial charge in [0.15, 0.2) is 6.61 Å². The van der Waals surface area contributed by atoms with Gasteiger partial charge in [-0.15, -0.1) is 0 Å². The molecular weight excluding hydrogens is 389 g/mol. The molecule has 0 spiro atoms. The minimum atomic E-state index is -3.83. The summed E-state index contributed by atoms with van der Waals surface area (Å²) >= 11 is 0. The van der Waals surface area contributed by atoms with Crippen LogP contribution >= 0.6 is 0 Å². The number of carbonyl (C=O) groups is 2. The van der Waals surface area contributed by atoms with Gasteiger partial charge in [-0.05, 0) is 30.3 Å². The number of halogens is 1. The topological polar surface area (TPSA) is 96.9 Å². The Morgan fingerprint density at radius 2 is 1.75 bits per heavy atom. The molecular formula is C18H18FN3O5S. The predicted molar refractivity (Wildman–Crippen MR) is 96.3 cm³/mol. The number of nitrogens with zero attached hydrogens (tertiary/aromatic N) is 3. The van der Waals surface area contributed by atoms with E-state index < -0.39 is 34.3 Å². The first-order valence-electron chi connectivity index (χ1n) is 8.48. The molecule has 1 saturated heterocycles. The smallest absolute Gasteiger partial charge is 0.338 e. The molecule has 2 heterocycles. The van der Waals surface area contributed by atoms with Crippen molar-refractivity contribution in [3.63, 3.8) is 0 Å². The van der Waals surface area contributed by atoms with E-state index in [1.165, 1.54) is 51.9 Å². The maximum atomic E-state index is 13.3. The van der Waals surface area contributed by atoms with Crippen molar-refractivity contribution < 1.29 is 27.1 Å².